The second kappa shape index (κ2) is 9.85. The predicted octanol–water partition coefficient (Wildman–Crippen LogP) is 3.23. The van der Waals surface area contributed by atoms with Crippen molar-refractivity contribution in [1.82, 2.24) is 19.4 Å². The molecule has 0 unspecified atom stereocenters. The number of rotatable bonds is 5. The van der Waals surface area contributed by atoms with Gasteiger partial charge in [-0.25, -0.2) is 4.52 Å². The van der Waals surface area contributed by atoms with Crippen LogP contribution in [0.4, 0.5) is 0 Å². The molecule has 2 amide bonds. The number of hydrogen-bond acceptors (Lipinski definition) is 5. The average Bonchev–Trinajstić information content (AvgIpc) is 3.32. The van der Waals surface area contributed by atoms with Crippen LogP contribution in [0.3, 0.4) is 0 Å². The van der Waals surface area contributed by atoms with Crippen molar-refractivity contribution in [2.75, 3.05) is 46.0 Å². The summed E-state index contributed by atoms with van der Waals surface area (Å²) in [6.07, 6.45) is 5.34. The Kier molecular flexibility index (Phi) is 6.49. The second-order valence-corrected chi connectivity index (χ2v) is 8.75. The first-order chi connectivity index (χ1) is 16.7. The molecule has 2 aliphatic heterocycles. The molecule has 5 rings (SSSR count). The molecule has 1 aromatic carbocycles. The highest BCUT2D eigenvalue weighted by Crippen LogP contribution is 2.31. The minimum atomic E-state index is 0.00355. The zero-order chi connectivity index (χ0) is 23.5. The van der Waals surface area contributed by atoms with Crippen molar-refractivity contribution in [3.63, 3.8) is 0 Å². The highest BCUT2D eigenvalue weighted by molar-refractivity contribution is 6.00. The monoisotopic (exact) mass is 462 g/mol. The van der Waals surface area contributed by atoms with E-state index in [1.807, 2.05) is 47.2 Å². The first kappa shape index (κ1) is 22.4. The summed E-state index contributed by atoms with van der Waals surface area (Å²) >= 11 is 0. The van der Waals surface area contributed by atoms with E-state index in [1.54, 1.807) is 10.7 Å². The smallest absolute Gasteiger partial charge is 0.257 e. The summed E-state index contributed by atoms with van der Waals surface area (Å²) in [4.78, 5) is 29.9. The van der Waals surface area contributed by atoms with Crippen molar-refractivity contribution in [1.29, 1.82) is 0 Å². The van der Waals surface area contributed by atoms with Gasteiger partial charge in [0.15, 0.2) is 0 Å². The van der Waals surface area contributed by atoms with Gasteiger partial charge in [0.05, 0.1) is 42.7 Å². The number of para-hydroxylation sites is 1. The summed E-state index contributed by atoms with van der Waals surface area (Å²) in [6.45, 7) is 6.18. The SMILES string of the molecule is CCOc1ccccc1C(=O)N1CCC(c2ccn3ncc(C(=O)N4CCOCC4)c3c2)CC1. The number of carbonyl (C=O) groups is 2. The maximum atomic E-state index is 13.1. The molecule has 2 aromatic heterocycles. The average molecular weight is 463 g/mol. The summed E-state index contributed by atoms with van der Waals surface area (Å²) in [7, 11) is 0. The second-order valence-electron chi connectivity index (χ2n) is 8.75. The molecule has 2 saturated heterocycles. The van der Waals surface area contributed by atoms with E-state index in [4.69, 9.17) is 9.47 Å². The Morgan fingerprint density at radius 2 is 1.71 bits per heavy atom. The fraction of sp³-hybridized carbons (Fsp3) is 0.423. The molecule has 8 nitrogen and oxygen atoms in total. The number of hydrogen-bond donors (Lipinski definition) is 0. The van der Waals surface area contributed by atoms with Gasteiger partial charge in [-0.2, -0.15) is 5.10 Å². The van der Waals surface area contributed by atoms with E-state index >= 15 is 0 Å². The molecule has 0 saturated carbocycles. The Labute approximate surface area is 199 Å². The highest BCUT2D eigenvalue weighted by Gasteiger charge is 2.27. The molecule has 178 valence electrons. The molecular formula is C26H30N4O4. The van der Waals surface area contributed by atoms with Crippen LogP contribution >= 0.6 is 0 Å². The lowest BCUT2D eigenvalue weighted by atomic mass is 9.89. The fourth-order valence-corrected chi connectivity index (χ4v) is 4.86. The van der Waals surface area contributed by atoms with Crippen LogP contribution in [0.15, 0.2) is 48.8 Å². The zero-order valence-electron chi connectivity index (χ0n) is 19.5. The van der Waals surface area contributed by atoms with Gasteiger partial charge in [-0.1, -0.05) is 12.1 Å². The first-order valence-electron chi connectivity index (χ1n) is 12.0. The van der Waals surface area contributed by atoms with Gasteiger partial charge in [0.25, 0.3) is 11.8 Å². The molecule has 2 aliphatic rings. The third-order valence-electron chi connectivity index (χ3n) is 6.75. The van der Waals surface area contributed by atoms with Crippen molar-refractivity contribution < 1.29 is 19.1 Å². The lowest BCUT2D eigenvalue weighted by molar-refractivity contribution is 0.0304. The van der Waals surface area contributed by atoms with Crippen LogP contribution in [0, 0.1) is 0 Å². The number of piperidine rings is 1. The molecule has 2 fully saturated rings. The molecule has 0 N–H and O–H groups in total. The van der Waals surface area contributed by atoms with Crippen molar-refractivity contribution in [3.8, 4) is 5.75 Å². The Morgan fingerprint density at radius 1 is 1.00 bits per heavy atom. The van der Waals surface area contributed by atoms with E-state index in [0.717, 1.165) is 18.4 Å². The van der Waals surface area contributed by atoms with Crippen molar-refractivity contribution >= 4 is 17.3 Å². The van der Waals surface area contributed by atoms with Gasteiger partial charge < -0.3 is 19.3 Å². The lowest BCUT2D eigenvalue weighted by Crippen LogP contribution is -2.40. The number of fused-ring (bicyclic) bond motifs is 1. The maximum absolute atomic E-state index is 13.1. The number of nitrogens with zero attached hydrogens (tertiary/aromatic N) is 4. The van der Waals surface area contributed by atoms with Gasteiger partial charge in [-0.15, -0.1) is 0 Å². The number of likely N-dealkylation sites (tertiary alicyclic amines) is 1. The normalized spacial score (nSPS) is 17.2. The standard InChI is InChI=1S/C26H30N4O4/c1-2-34-24-6-4-3-5-21(24)25(31)28-10-7-19(8-11-28)20-9-12-30-23(17-20)22(18-27-30)26(32)29-13-15-33-16-14-29/h3-6,9,12,17-19H,2,7-8,10-11,13-16H2,1H3. The number of benzene rings is 1. The van der Waals surface area contributed by atoms with Crippen molar-refractivity contribution in [2.45, 2.75) is 25.7 Å². The van der Waals surface area contributed by atoms with Gasteiger partial charge in [0.1, 0.15) is 5.75 Å². The first-order valence-corrected chi connectivity index (χ1v) is 12.0. The predicted molar refractivity (Wildman–Crippen MR) is 127 cm³/mol. The third kappa shape index (κ3) is 4.37. The van der Waals surface area contributed by atoms with Gasteiger partial charge >= 0.3 is 0 Å². The largest absolute Gasteiger partial charge is 0.493 e. The van der Waals surface area contributed by atoms with Crippen LogP contribution in [0.25, 0.3) is 5.52 Å². The van der Waals surface area contributed by atoms with E-state index in [9.17, 15) is 9.59 Å². The number of aromatic nitrogens is 2. The topological polar surface area (TPSA) is 76.4 Å². The van der Waals surface area contributed by atoms with Crippen molar-refractivity contribution in [2.24, 2.45) is 0 Å². The van der Waals surface area contributed by atoms with Gasteiger partial charge in [0, 0.05) is 32.4 Å². The summed E-state index contributed by atoms with van der Waals surface area (Å²) in [5, 5.41) is 4.39. The van der Waals surface area contributed by atoms with Crippen LogP contribution in [-0.4, -0.2) is 77.2 Å². The molecule has 34 heavy (non-hydrogen) atoms. The molecule has 0 spiro atoms. The number of carbonyl (C=O) groups excluding carboxylic acids is 2. The van der Waals surface area contributed by atoms with Gasteiger partial charge in [-0.05, 0) is 55.5 Å². The highest BCUT2D eigenvalue weighted by atomic mass is 16.5. The van der Waals surface area contributed by atoms with E-state index < -0.39 is 0 Å². The summed E-state index contributed by atoms with van der Waals surface area (Å²) < 4.78 is 12.8. The van der Waals surface area contributed by atoms with Crippen LogP contribution < -0.4 is 4.74 Å². The Balaban J connectivity index is 1.29. The molecule has 8 heteroatoms. The fourth-order valence-electron chi connectivity index (χ4n) is 4.86. The van der Waals surface area contributed by atoms with E-state index in [0.29, 0.717) is 68.8 Å². The number of pyridine rings is 1. The van der Waals surface area contributed by atoms with Crippen molar-refractivity contribution in [3.05, 3.63) is 65.5 Å². The number of amides is 2. The molecule has 0 radical (unpaired) electrons. The molecule has 0 aliphatic carbocycles. The van der Waals surface area contributed by atoms with Gasteiger partial charge in [-0.3, -0.25) is 9.59 Å². The Hall–Kier alpha value is -3.39. The number of ether oxygens (including phenoxy) is 2. The lowest BCUT2D eigenvalue weighted by Gasteiger charge is -2.32. The van der Waals surface area contributed by atoms with Crippen LogP contribution in [0.1, 0.15) is 52.0 Å². The number of morpholine rings is 1. The molecule has 3 aromatic rings. The quantitative estimate of drug-likeness (QED) is 0.582. The molecular weight excluding hydrogens is 432 g/mol. The van der Waals surface area contributed by atoms with Crippen LogP contribution in [0.5, 0.6) is 5.75 Å². The minimum absolute atomic E-state index is 0.00355. The van der Waals surface area contributed by atoms with E-state index in [-0.39, 0.29) is 11.8 Å². The maximum Gasteiger partial charge on any atom is 0.257 e. The molecule has 0 bridgehead atoms. The Bertz CT molecular complexity index is 1180. The summed E-state index contributed by atoms with van der Waals surface area (Å²) in [5.74, 6) is 0.995. The molecule has 0 atom stereocenters. The summed E-state index contributed by atoms with van der Waals surface area (Å²) in [5.41, 5.74) is 3.27. The minimum Gasteiger partial charge on any atom is -0.493 e. The zero-order valence-corrected chi connectivity index (χ0v) is 19.5. The summed E-state index contributed by atoms with van der Waals surface area (Å²) in [6, 6.07) is 11.6. The van der Waals surface area contributed by atoms with E-state index in [1.165, 1.54) is 5.56 Å². The molecule has 4 heterocycles. The van der Waals surface area contributed by atoms with Crippen LogP contribution in [-0.2, 0) is 4.74 Å². The Morgan fingerprint density at radius 3 is 2.47 bits per heavy atom. The van der Waals surface area contributed by atoms with Gasteiger partial charge in [0.2, 0.25) is 0 Å². The third-order valence-corrected chi connectivity index (χ3v) is 6.75. The van der Waals surface area contributed by atoms with E-state index in [2.05, 4.69) is 17.2 Å². The van der Waals surface area contributed by atoms with Crippen LogP contribution in [0.2, 0.25) is 0 Å².